The molecule has 0 saturated heterocycles. The minimum atomic E-state index is -4.70. The van der Waals surface area contributed by atoms with Gasteiger partial charge in [0.05, 0.1) is 6.61 Å². The van der Waals surface area contributed by atoms with Crippen molar-refractivity contribution in [3.8, 4) is 5.75 Å². The van der Waals surface area contributed by atoms with E-state index in [2.05, 4.69) is 4.74 Å². The quantitative estimate of drug-likeness (QED) is 0.804. The number of rotatable bonds is 2. The molecule has 0 unspecified atom stereocenters. The molecule has 14 heavy (non-hydrogen) atoms. The van der Waals surface area contributed by atoms with Crippen LogP contribution in [-0.4, -0.2) is 11.5 Å². The number of aliphatic hydroxyl groups excluding tert-OH is 1. The van der Waals surface area contributed by atoms with Crippen molar-refractivity contribution < 1.29 is 23.0 Å². The van der Waals surface area contributed by atoms with Crippen molar-refractivity contribution in [1.82, 2.24) is 0 Å². The first kappa shape index (κ1) is 10.8. The summed E-state index contributed by atoms with van der Waals surface area (Å²) in [5, 5.41) is 8.80. The van der Waals surface area contributed by atoms with Crippen LogP contribution >= 0.6 is 0 Å². The molecule has 0 heterocycles. The highest BCUT2D eigenvalue weighted by atomic mass is 19.4. The van der Waals surface area contributed by atoms with Crippen LogP contribution in [0.5, 0.6) is 5.75 Å². The first-order chi connectivity index (χ1) is 6.44. The van der Waals surface area contributed by atoms with E-state index in [-0.39, 0.29) is 12.4 Å². The van der Waals surface area contributed by atoms with Crippen LogP contribution in [0.3, 0.4) is 0 Å². The van der Waals surface area contributed by atoms with Crippen molar-refractivity contribution in [3.63, 3.8) is 0 Å². The Labute approximate surface area is 78.9 Å². The zero-order chi connectivity index (χ0) is 10.8. The third kappa shape index (κ3) is 2.63. The highest BCUT2D eigenvalue weighted by molar-refractivity contribution is 5.38. The Kier molecular flexibility index (Phi) is 3.00. The second-order valence-corrected chi connectivity index (χ2v) is 2.75. The molecule has 1 aromatic rings. The lowest BCUT2D eigenvalue weighted by Gasteiger charge is -2.12. The molecule has 0 aliphatic heterocycles. The smallest absolute Gasteiger partial charge is 0.406 e. The Hall–Kier alpha value is -1.23. The molecule has 0 aromatic heterocycles. The van der Waals surface area contributed by atoms with Gasteiger partial charge in [-0.05, 0) is 24.1 Å². The Balaban J connectivity index is 2.98. The van der Waals surface area contributed by atoms with Gasteiger partial charge in [-0.15, -0.1) is 13.2 Å². The fraction of sp³-hybridized carbons (Fsp3) is 0.333. The van der Waals surface area contributed by atoms with Crippen LogP contribution in [0.25, 0.3) is 0 Å². The molecule has 0 fully saturated rings. The maximum Gasteiger partial charge on any atom is 0.573 e. The number of halogens is 3. The van der Waals surface area contributed by atoms with Crippen molar-refractivity contribution in [2.45, 2.75) is 19.9 Å². The van der Waals surface area contributed by atoms with E-state index >= 15 is 0 Å². The van der Waals surface area contributed by atoms with Crippen LogP contribution in [0, 0.1) is 6.92 Å². The average molecular weight is 206 g/mol. The highest BCUT2D eigenvalue weighted by Gasteiger charge is 2.31. The first-order valence-electron chi connectivity index (χ1n) is 3.89. The molecular weight excluding hydrogens is 197 g/mol. The van der Waals surface area contributed by atoms with E-state index in [0.29, 0.717) is 11.1 Å². The summed E-state index contributed by atoms with van der Waals surface area (Å²) < 4.78 is 39.4. The SMILES string of the molecule is Cc1c(CO)cccc1OC(F)(F)F. The van der Waals surface area contributed by atoms with E-state index in [1.54, 1.807) is 6.07 Å². The maximum absolute atomic E-state index is 11.9. The molecule has 0 radical (unpaired) electrons. The predicted octanol–water partition coefficient (Wildman–Crippen LogP) is 2.39. The highest BCUT2D eigenvalue weighted by Crippen LogP contribution is 2.27. The zero-order valence-electron chi connectivity index (χ0n) is 7.43. The van der Waals surface area contributed by atoms with Gasteiger partial charge in [-0.2, -0.15) is 0 Å². The minimum absolute atomic E-state index is 0.274. The molecule has 0 atom stereocenters. The summed E-state index contributed by atoms with van der Waals surface area (Å²) in [7, 11) is 0. The second kappa shape index (κ2) is 3.88. The zero-order valence-corrected chi connectivity index (χ0v) is 7.43. The van der Waals surface area contributed by atoms with Crippen LogP contribution in [0.1, 0.15) is 11.1 Å². The van der Waals surface area contributed by atoms with Crippen molar-refractivity contribution in [1.29, 1.82) is 0 Å². The summed E-state index contributed by atoms with van der Waals surface area (Å²) in [6, 6.07) is 4.15. The second-order valence-electron chi connectivity index (χ2n) is 2.75. The molecule has 0 aliphatic rings. The molecule has 1 aromatic carbocycles. The van der Waals surface area contributed by atoms with Gasteiger partial charge in [0.1, 0.15) is 5.75 Å². The molecule has 0 spiro atoms. The van der Waals surface area contributed by atoms with E-state index < -0.39 is 6.36 Å². The molecular formula is C9H9F3O2. The van der Waals surface area contributed by atoms with Crippen molar-refractivity contribution >= 4 is 0 Å². The molecule has 0 saturated carbocycles. The number of ether oxygens (including phenoxy) is 1. The van der Waals surface area contributed by atoms with Crippen molar-refractivity contribution in [2.24, 2.45) is 0 Å². The van der Waals surface area contributed by atoms with E-state index in [9.17, 15) is 13.2 Å². The van der Waals surface area contributed by atoms with Gasteiger partial charge in [-0.25, -0.2) is 0 Å². The van der Waals surface area contributed by atoms with Crippen LogP contribution in [0.2, 0.25) is 0 Å². The number of alkyl halides is 3. The lowest BCUT2D eigenvalue weighted by molar-refractivity contribution is -0.274. The van der Waals surface area contributed by atoms with Gasteiger partial charge in [0.25, 0.3) is 0 Å². The van der Waals surface area contributed by atoms with E-state index in [1.807, 2.05) is 0 Å². The molecule has 2 nitrogen and oxygen atoms in total. The number of benzene rings is 1. The summed E-state index contributed by atoms with van der Waals surface area (Å²) >= 11 is 0. The molecule has 1 N–H and O–H groups in total. The van der Waals surface area contributed by atoms with Crippen molar-refractivity contribution in [2.75, 3.05) is 0 Å². The van der Waals surface area contributed by atoms with Gasteiger partial charge in [-0.1, -0.05) is 12.1 Å². The largest absolute Gasteiger partial charge is 0.573 e. The van der Waals surface area contributed by atoms with Crippen LogP contribution < -0.4 is 4.74 Å². The molecule has 0 aliphatic carbocycles. The molecule has 1 rings (SSSR count). The Bertz CT molecular complexity index is 320. The Morgan fingerprint density at radius 1 is 1.36 bits per heavy atom. The van der Waals surface area contributed by atoms with Crippen molar-refractivity contribution in [3.05, 3.63) is 29.3 Å². The monoisotopic (exact) mass is 206 g/mol. The summed E-state index contributed by atoms with van der Waals surface area (Å²) in [4.78, 5) is 0. The lowest BCUT2D eigenvalue weighted by Crippen LogP contribution is -2.18. The van der Waals surface area contributed by atoms with Gasteiger partial charge in [-0.3, -0.25) is 0 Å². The first-order valence-corrected chi connectivity index (χ1v) is 3.89. The van der Waals surface area contributed by atoms with Gasteiger partial charge >= 0.3 is 6.36 Å². The molecule has 5 heteroatoms. The fourth-order valence-electron chi connectivity index (χ4n) is 1.07. The third-order valence-corrected chi connectivity index (χ3v) is 1.79. The summed E-state index contributed by atoms with van der Waals surface area (Å²) in [6.45, 7) is 1.16. The summed E-state index contributed by atoms with van der Waals surface area (Å²) in [6.07, 6.45) is -4.70. The number of hydrogen-bond acceptors (Lipinski definition) is 2. The Morgan fingerprint density at radius 2 is 2.00 bits per heavy atom. The topological polar surface area (TPSA) is 29.5 Å². The number of aliphatic hydroxyl groups is 1. The third-order valence-electron chi connectivity index (χ3n) is 1.79. The van der Waals surface area contributed by atoms with E-state index in [0.717, 1.165) is 0 Å². The predicted molar refractivity (Wildman–Crippen MR) is 43.8 cm³/mol. The maximum atomic E-state index is 11.9. The Morgan fingerprint density at radius 3 is 2.50 bits per heavy atom. The van der Waals surface area contributed by atoms with Crippen LogP contribution in [-0.2, 0) is 6.61 Å². The van der Waals surface area contributed by atoms with E-state index in [4.69, 9.17) is 5.11 Å². The average Bonchev–Trinajstić information content (AvgIpc) is 2.06. The molecule has 78 valence electrons. The van der Waals surface area contributed by atoms with Gasteiger partial charge in [0.15, 0.2) is 0 Å². The molecule has 0 bridgehead atoms. The number of hydrogen-bond donors (Lipinski definition) is 1. The van der Waals surface area contributed by atoms with E-state index in [1.165, 1.54) is 19.1 Å². The molecule has 0 amide bonds. The summed E-state index contributed by atoms with van der Waals surface area (Å²) in [5.74, 6) is -0.274. The standard InChI is InChI=1S/C9H9F3O2/c1-6-7(5-13)3-2-4-8(6)14-9(10,11)12/h2-4,13H,5H2,1H3. The normalized spacial score (nSPS) is 11.5. The van der Waals surface area contributed by atoms with Gasteiger partial charge in [0.2, 0.25) is 0 Å². The fourth-order valence-corrected chi connectivity index (χ4v) is 1.07. The van der Waals surface area contributed by atoms with Crippen LogP contribution in [0.15, 0.2) is 18.2 Å². The minimum Gasteiger partial charge on any atom is -0.406 e. The lowest BCUT2D eigenvalue weighted by atomic mass is 10.1. The van der Waals surface area contributed by atoms with Gasteiger partial charge < -0.3 is 9.84 Å². The van der Waals surface area contributed by atoms with Crippen LogP contribution in [0.4, 0.5) is 13.2 Å². The van der Waals surface area contributed by atoms with Gasteiger partial charge in [0, 0.05) is 0 Å². The summed E-state index contributed by atoms with van der Waals surface area (Å²) in [5.41, 5.74) is 0.721.